The fourth-order valence-corrected chi connectivity index (χ4v) is 3.12. The van der Waals surface area contributed by atoms with Crippen LogP contribution >= 0.6 is 23.4 Å². The molecule has 21 heavy (non-hydrogen) atoms. The molecule has 3 rings (SSSR count). The van der Waals surface area contributed by atoms with Crippen LogP contribution in [0.25, 0.3) is 0 Å². The molecule has 0 radical (unpaired) electrons. The number of nitrogens with one attached hydrogen (secondary N) is 1. The Bertz CT molecular complexity index is 633. The average molecular weight is 326 g/mol. The first-order chi connectivity index (χ1) is 10.3. The molecule has 2 heterocycles. The molecule has 0 spiro atoms. The number of fused-ring (bicyclic) bond motifs is 1. The molecule has 1 aromatic carbocycles. The van der Waals surface area contributed by atoms with E-state index in [-0.39, 0.29) is 0 Å². The molecule has 0 saturated carbocycles. The van der Waals surface area contributed by atoms with E-state index in [4.69, 9.17) is 21.1 Å². The number of aryl methyl sites for hydroxylation is 1. The standard InChI is InChI=1S/C14H16ClN3O2S/c1-2-3-12-16-14(18-17-12)21-8-9-6-10(15)13-11(7-9)19-4-5-20-13/h6-7H,2-5,8H2,1H3,(H,16,17,18). The molecule has 1 aliphatic rings. The van der Waals surface area contributed by atoms with Crippen molar-refractivity contribution in [1.82, 2.24) is 15.2 Å². The van der Waals surface area contributed by atoms with Crippen molar-refractivity contribution in [3.63, 3.8) is 0 Å². The van der Waals surface area contributed by atoms with Gasteiger partial charge >= 0.3 is 0 Å². The zero-order chi connectivity index (χ0) is 14.7. The van der Waals surface area contributed by atoms with Crippen molar-refractivity contribution in [1.29, 1.82) is 0 Å². The first-order valence-corrected chi connectivity index (χ1v) is 8.24. The number of H-pyrrole nitrogens is 1. The van der Waals surface area contributed by atoms with Gasteiger partial charge in [0.25, 0.3) is 0 Å². The third-order valence-electron chi connectivity index (χ3n) is 3.02. The van der Waals surface area contributed by atoms with Crippen LogP contribution in [0, 0.1) is 0 Å². The molecule has 112 valence electrons. The maximum Gasteiger partial charge on any atom is 0.208 e. The molecule has 1 aliphatic heterocycles. The summed E-state index contributed by atoms with van der Waals surface area (Å²) in [6.45, 7) is 3.21. The number of aromatic nitrogens is 3. The summed E-state index contributed by atoms with van der Waals surface area (Å²) in [7, 11) is 0. The summed E-state index contributed by atoms with van der Waals surface area (Å²) in [6, 6.07) is 3.87. The van der Waals surface area contributed by atoms with Crippen LogP contribution in [-0.4, -0.2) is 28.4 Å². The minimum atomic E-state index is 0.540. The monoisotopic (exact) mass is 325 g/mol. The van der Waals surface area contributed by atoms with Gasteiger partial charge in [0.15, 0.2) is 11.5 Å². The average Bonchev–Trinajstić information content (AvgIpc) is 2.93. The number of nitrogens with zero attached hydrogens (tertiary/aromatic N) is 2. The summed E-state index contributed by atoms with van der Waals surface area (Å²) in [5.41, 5.74) is 1.07. The maximum atomic E-state index is 6.22. The largest absolute Gasteiger partial charge is 0.486 e. The molecule has 7 heteroatoms. The molecule has 5 nitrogen and oxygen atoms in total. The Labute approximate surface area is 132 Å². The highest BCUT2D eigenvalue weighted by molar-refractivity contribution is 7.98. The van der Waals surface area contributed by atoms with Gasteiger partial charge in [-0.2, -0.15) is 0 Å². The number of hydrogen-bond donors (Lipinski definition) is 1. The minimum Gasteiger partial charge on any atom is -0.486 e. The van der Waals surface area contributed by atoms with Gasteiger partial charge in [-0.25, -0.2) is 4.98 Å². The zero-order valence-electron chi connectivity index (χ0n) is 11.7. The van der Waals surface area contributed by atoms with Crippen molar-refractivity contribution in [2.75, 3.05) is 13.2 Å². The predicted molar refractivity (Wildman–Crippen MR) is 82.4 cm³/mol. The minimum absolute atomic E-state index is 0.540. The van der Waals surface area contributed by atoms with Crippen molar-refractivity contribution in [2.45, 2.75) is 30.7 Å². The van der Waals surface area contributed by atoms with Crippen LogP contribution in [0.5, 0.6) is 11.5 Å². The van der Waals surface area contributed by atoms with Crippen molar-refractivity contribution in [3.05, 3.63) is 28.5 Å². The highest BCUT2D eigenvalue weighted by Gasteiger charge is 2.17. The number of aromatic amines is 1. The lowest BCUT2D eigenvalue weighted by Crippen LogP contribution is -2.15. The number of thioether (sulfide) groups is 1. The van der Waals surface area contributed by atoms with E-state index in [1.165, 1.54) is 0 Å². The first kappa shape index (κ1) is 14.5. The van der Waals surface area contributed by atoms with Crippen molar-refractivity contribution >= 4 is 23.4 Å². The lowest BCUT2D eigenvalue weighted by Gasteiger charge is -2.20. The quantitative estimate of drug-likeness (QED) is 0.853. The first-order valence-electron chi connectivity index (χ1n) is 6.88. The fraction of sp³-hybridized carbons (Fsp3) is 0.429. The van der Waals surface area contributed by atoms with Gasteiger partial charge in [-0.05, 0) is 24.1 Å². The van der Waals surface area contributed by atoms with Crippen molar-refractivity contribution < 1.29 is 9.47 Å². The van der Waals surface area contributed by atoms with E-state index in [2.05, 4.69) is 22.1 Å². The van der Waals surface area contributed by atoms with Gasteiger partial charge in [0.05, 0.1) is 5.02 Å². The van der Waals surface area contributed by atoms with E-state index in [0.29, 0.717) is 29.7 Å². The van der Waals surface area contributed by atoms with Crippen LogP contribution in [0.3, 0.4) is 0 Å². The summed E-state index contributed by atoms with van der Waals surface area (Å²) in [5.74, 6) is 3.02. The normalized spacial score (nSPS) is 13.4. The number of ether oxygens (including phenoxy) is 2. The summed E-state index contributed by atoms with van der Waals surface area (Å²) in [4.78, 5) is 4.43. The summed E-state index contributed by atoms with van der Waals surface area (Å²) in [5, 5.41) is 8.49. The zero-order valence-corrected chi connectivity index (χ0v) is 13.3. The van der Waals surface area contributed by atoms with Crippen LogP contribution < -0.4 is 9.47 Å². The SMILES string of the molecule is CCCc1nc(SCc2cc(Cl)c3c(c2)OCCO3)n[nH]1. The van der Waals surface area contributed by atoms with Crippen LogP contribution in [0.2, 0.25) is 5.02 Å². The fourth-order valence-electron chi connectivity index (χ4n) is 2.09. The molecule has 0 bridgehead atoms. The van der Waals surface area contributed by atoms with Crippen molar-refractivity contribution in [3.8, 4) is 11.5 Å². The lowest BCUT2D eigenvalue weighted by molar-refractivity contribution is 0.171. The molecule has 0 amide bonds. The number of halogens is 1. The number of hydrogen-bond acceptors (Lipinski definition) is 5. The molecule has 0 fully saturated rings. The third-order valence-corrected chi connectivity index (χ3v) is 4.22. The van der Waals surface area contributed by atoms with E-state index < -0.39 is 0 Å². The topological polar surface area (TPSA) is 60.0 Å². The molecule has 2 aromatic rings. The van der Waals surface area contributed by atoms with E-state index in [1.807, 2.05) is 12.1 Å². The van der Waals surface area contributed by atoms with Gasteiger partial charge in [0.2, 0.25) is 5.16 Å². The maximum absolute atomic E-state index is 6.22. The Balaban J connectivity index is 1.68. The van der Waals surface area contributed by atoms with Crippen LogP contribution in [0.4, 0.5) is 0 Å². The second-order valence-electron chi connectivity index (χ2n) is 4.71. The van der Waals surface area contributed by atoms with E-state index in [9.17, 15) is 0 Å². The Morgan fingerprint density at radius 3 is 3.05 bits per heavy atom. The molecule has 0 unspecified atom stereocenters. The van der Waals surface area contributed by atoms with Gasteiger partial charge < -0.3 is 9.47 Å². The molecule has 1 N–H and O–H groups in total. The van der Waals surface area contributed by atoms with Crippen LogP contribution in [0.15, 0.2) is 17.3 Å². The Hall–Kier alpha value is -1.40. The number of benzene rings is 1. The van der Waals surface area contributed by atoms with E-state index in [1.54, 1.807) is 11.8 Å². The molecule has 1 aromatic heterocycles. The van der Waals surface area contributed by atoms with Gasteiger partial charge in [0, 0.05) is 12.2 Å². The molecule has 0 atom stereocenters. The molecule has 0 aliphatic carbocycles. The van der Waals surface area contributed by atoms with Crippen molar-refractivity contribution in [2.24, 2.45) is 0 Å². The summed E-state index contributed by atoms with van der Waals surface area (Å²) in [6.07, 6.45) is 1.97. The highest BCUT2D eigenvalue weighted by Crippen LogP contribution is 2.39. The Morgan fingerprint density at radius 1 is 1.33 bits per heavy atom. The summed E-state index contributed by atoms with van der Waals surface area (Å²) >= 11 is 7.79. The predicted octanol–water partition coefficient (Wildman–Crippen LogP) is 3.47. The second kappa shape index (κ2) is 6.58. The molecule has 0 saturated heterocycles. The van der Waals surface area contributed by atoms with Gasteiger partial charge in [0.1, 0.15) is 19.0 Å². The second-order valence-corrected chi connectivity index (χ2v) is 6.05. The molecular weight excluding hydrogens is 310 g/mol. The van der Waals surface area contributed by atoms with Crippen LogP contribution in [-0.2, 0) is 12.2 Å². The highest BCUT2D eigenvalue weighted by atomic mass is 35.5. The Morgan fingerprint density at radius 2 is 2.19 bits per heavy atom. The van der Waals surface area contributed by atoms with Gasteiger partial charge in [-0.3, -0.25) is 5.10 Å². The van der Waals surface area contributed by atoms with E-state index in [0.717, 1.165) is 35.1 Å². The number of rotatable bonds is 5. The molecular formula is C14H16ClN3O2S. The third kappa shape index (κ3) is 3.44. The Kier molecular flexibility index (Phi) is 4.55. The summed E-state index contributed by atoms with van der Waals surface area (Å²) < 4.78 is 11.1. The smallest absolute Gasteiger partial charge is 0.208 e. The lowest BCUT2D eigenvalue weighted by atomic mass is 10.2. The van der Waals surface area contributed by atoms with Gasteiger partial charge in [-0.1, -0.05) is 30.3 Å². The van der Waals surface area contributed by atoms with E-state index >= 15 is 0 Å². The van der Waals surface area contributed by atoms with Crippen LogP contribution in [0.1, 0.15) is 24.7 Å². The van der Waals surface area contributed by atoms with Gasteiger partial charge in [-0.15, -0.1) is 5.10 Å².